The molecule has 0 bridgehead atoms. The minimum atomic E-state index is -0.782. The van der Waals surface area contributed by atoms with Crippen molar-refractivity contribution < 1.29 is 23.5 Å². The molecule has 5 rings (SSSR count). The van der Waals surface area contributed by atoms with Gasteiger partial charge in [0.1, 0.15) is 17.4 Å². The average molecular weight is 424 g/mol. The van der Waals surface area contributed by atoms with E-state index >= 15 is 0 Å². The van der Waals surface area contributed by atoms with Crippen LogP contribution in [0.3, 0.4) is 0 Å². The summed E-state index contributed by atoms with van der Waals surface area (Å²) in [6.07, 6.45) is 3.56. The first-order valence-electron chi connectivity index (χ1n) is 9.83. The maximum absolute atomic E-state index is 12.9. The second-order valence-electron chi connectivity index (χ2n) is 7.18. The predicted octanol–water partition coefficient (Wildman–Crippen LogP) is 3.54. The van der Waals surface area contributed by atoms with Gasteiger partial charge in [-0.25, -0.2) is 0 Å². The van der Waals surface area contributed by atoms with Gasteiger partial charge in [0, 0.05) is 4.88 Å². The second-order valence-corrected chi connectivity index (χ2v) is 8.28. The van der Waals surface area contributed by atoms with Crippen molar-refractivity contribution in [1.82, 2.24) is 5.32 Å². The first-order chi connectivity index (χ1) is 14.7. The van der Waals surface area contributed by atoms with Crippen molar-refractivity contribution in [2.45, 2.75) is 31.9 Å². The molecule has 0 saturated carbocycles. The lowest BCUT2D eigenvalue weighted by molar-refractivity contribution is -0.125. The normalized spacial score (nSPS) is 16.7. The van der Waals surface area contributed by atoms with Crippen LogP contribution in [0.4, 0.5) is 5.00 Å². The molecule has 1 atom stereocenters. The molecular formula is C22H20N2O5S. The molecule has 30 heavy (non-hydrogen) atoms. The first-order valence-corrected chi connectivity index (χ1v) is 10.6. The van der Waals surface area contributed by atoms with Crippen LogP contribution < -0.4 is 20.1 Å². The van der Waals surface area contributed by atoms with E-state index in [2.05, 4.69) is 10.6 Å². The Kier molecular flexibility index (Phi) is 4.92. The Balaban J connectivity index is 1.33. The number of fused-ring (bicyclic) bond motifs is 2. The number of nitrogens with one attached hydrogen (secondary N) is 2. The molecule has 2 N–H and O–H groups in total. The highest BCUT2D eigenvalue weighted by molar-refractivity contribution is 7.17. The van der Waals surface area contributed by atoms with Gasteiger partial charge in [-0.1, -0.05) is 12.1 Å². The Labute approximate surface area is 177 Å². The third kappa shape index (κ3) is 3.54. The predicted molar refractivity (Wildman–Crippen MR) is 111 cm³/mol. The summed E-state index contributed by atoms with van der Waals surface area (Å²) in [5.74, 6) is 1.28. The second kappa shape index (κ2) is 7.87. The highest BCUT2D eigenvalue weighted by atomic mass is 32.1. The third-order valence-corrected chi connectivity index (χ3v) is 6.40. The number of rotatable bonds is 5. The van der Waals surface area contributed by atoms with Crippen molar-refractivity contribution in [3.05, 3.63) is 64.4 Å². The number of para-hydroxylation sites is 2. The number of amides is 2. The quantitative estimate of drug-likeness (QED) is 0.654. The number of anilines is 1. The summed E-state index contributed by atoms with van der Waals surface area (Å²) in [6.45, 7) is 0.411. The summed E-state index contributed by atoms with van der Waals surface area (Å²) in [7, 11) is 0. The Bertz CT molecular complexity index is 1090. The molecule has 7 nitrogen and oxygen atoms in total. The number of carbonyl (C=O) groups excluding carboxylic acids is 2. The Hall–Kier alpha value is -3.26. The molecule has 0 fully saturated rings. The molecule has 3 aromatic rings. The zero-order valence-electron chi connectivity index (χ0n) is 16.1. The van der Waals surface area contributed by atoms with Gasteiger partial charge in [0.25, 0.3) is 11.8 Å². The van der Waals surface area contributed by atoms with Gasteiger partial charge in [-0.2, -0.15) is 0 Å². The van der Waals surface area contributed by atoms with Gasteiger partial charge in [0.15, 0.2) is 11.5 Å². The van der Waals surface area contributed by atoms with Gasteiger partial charge < -0.3 is 24.5 Å². The molecule has 1 aromatic carbocycles. The maximum atomic E-state index is 12.9. The van der Waals surface area contributed by atoms with Gasteiger partial charge >= 0.3 is 0 Å². The summed E-state index contributed by atoms with van der Waals surface area (Å²) in [5, 5.41) is 6.35. The highest BCUT2D eigenvalue weighted by Gasteiger charge is 2.31. The maximum Gasteiger partial charge on any atom is 0.269 e. The molecule has 1 aliphatic heterocycles. The van der Waals surface area contributed by atoms with Crippen molar-refractivity contribution in [1.29, 1.82) is 0 Å². The third-order valence-electron chi connectivity index (χ3n) is 5.19. The number of ether oxygens (including phenoxy) is 2. The van der Waals surface area contributed by atoms with Crippen LogP contribution in [0, 0.1) is 0 Å². The topological polar surface area (TPSA) is 89.8 Å². The highest BCUT2D eigenvalue weighted by Crippen LogP contribution is 2.39. The van der Waals surface area contributed by atoms with Crippen LogP contribution in [0.15, 0.2) is 47.1 Å². The van der Waals surface area contributed by atoms with E-state index in [1.165, 1.54) is 11.3 Å². The lowest BCUT2D eigenvalue weighted by Crippen LogP contribution is -2.40. The van der Waals surface area contributed by atoms with E-state index in [1.54, 1.807) is 30.5 Å². The summed E-state index contributed by atoms with van der Waals surface area (Å²) in [5.41, 5.74) is 1.57. The Morgan fingerprint density at radius 3 is 2.80 bits per heavy atom. The molecule has 8 heteroatoms. The van der Waals surface area contributed by atoms with Crippen molar-refractivity contribution >= 4 is 28.2 Å². The van der Waals surface area contributed by atoms with E-state index in [1.807, 2.05) is 12.1 Å². The molecule has 2 aliphatic rings. The zero-order valence-corrected chi connectivity index (χ0v) is 16.9. The monoisotopic (exact) mass is 424 g/mol. The van der Waals surface area contributed by atoms with Gasteiger partial charge in [-0.05, 0) is 49.1 Å². The number of benzene rings is 1. The van der Waals surface area contributed by atoms with Gasteiger partial charge in [-0.15, -0.1) is 11.3 Å². The number of carbonyl (C=O) groups is 2. The summed E-state index contributed by atoms with van der Waals surface area (Å²) >= 11 is 1.47. The van der Waals surface area contributed by atoms with Crippen LogP contribution in [0.25, 0.3) is 0 Å². The van der Waals surface area contributed by atoms with E-state index < -0.39 is 6.10 Å². The van der Waals surface area contributed by atoms with Gasteiger partial charge in [0.2, 0.25) is 6.10 Å². The molecule has 0 saturated heterocycles. The smallest absolute Gasteiger partial charge is 0.269 e. The molecule has 0 radical (unpaired) electrons. The van der Waals surface area contributed by atoms with E-state index in [0.717, 1.165) is 29.7 Å². The Morgan fingerprint density at radius 1 is 1.10 bits per heavy atom. The van der Waals surface area contributed by atoms with Crippen LogP contribution in [-0.4, -0.2) is 24.5 Å². The molecule has 2 amide bonds. The fourth-order valence-electron chi connectivity index (χ4n) is 3.74. The summed E-state index contributed by atoms with van der Waals surface area (Å²) in [4.78, 5) is 27.0. The van der Waals surface area contributed by atoms with Crippen LogP contribution >= 0.6 is 11.3 Å². The number of aryl methyl sites for hydroxylation is 1. The molecule has 3 heterocycles. The lowest BCUT2D eigenvalue weighted by atomic mass is 10.1. The summed E-state index contributed by atoms with van der Waals surface area (Å²) in [6, 6.07) is 10.8. The average Bonchev–Trinajstić information content (AvgIpc) is 3.49. The van der Waals surface area contributed by atoms with Crippen molar-refractivity contribution in [2.75, 3.05) is 11.9 Å². The summed E-state index contributed by atoms with van der Waals surface area (Å²) < 4.78 is 16.7. The standard InChI is InChI=1S/C22H20N2O5S/c25-20(17-12-28-15-7-1-2-8-16(15)29-17)24-22-19(14-6-3-9-18(14)30-22)21(26)23-11-13-5-4-10-27-13/h1-2,4-5,7-8,10,17H,3,6,9,11-12H2,(H,23,26)(H,24,25). The largest absolute Gasteiger partial charge is 0.485 e. The van der Waals surface area contributed by atoms with Crippen LogP contribution in [0.2, 0.25) is 0 Å². The first kappa shape index (κ1) is 18.7. The molecular weight excluding hydrogens is 404 g/mol. The van der Waals surface area contributed by atoms with Crippen molar-refractivity contribution in [3.63, 3.8) is 0 Å². The fraction of sp³-hybridized carbons (Fsp3) is 0.273. The minimum Gasteiger partial charge on any atom is -0.485 e. The van der Waals surface area contributed by atoms with Crippen molar-refractivity contribution in [3.8, 4) is 11.5 Å². The van der Waals surface area contributed by atoms with Crippen LogP contribution in [-0.2, 0) is 24.2 Å². The number of hydrogen-bond donors (Lipinski definition) is 2. The Morgan fingerprint density at radius 2 is 1.97 bits per heavy atom. The van der Waals surface area contributed by atoms with E-state index in [0.29, 0.717) is 34.4 Å². The fourth-order valence-corrected chi connectivity index (χ4v) is 5.03. The number of thiophene rings is 1. The van der Waals surface area contributed by atoms with E-state index in [-0.39, 0.29) is 18.4 Å². The SMILES string of the molecule is O=C(NCc1ccco1)c1c(NC(=O)C2COc3ccccc3O2)sc2c1CCC2. The van der Waals surface area contributed by atoms with E-state index in [4.69, 9.17) is 13.9 Å². The molecule has 0 spiro atoms. The van der Waals surface area contributed by atoms with Gasteiger partial charge in [0.05, 0.1) is 18.4 Å². The molecule has 1 aliphatic carbocycles. The van der Waals surface area contributed by atoms with E-state index in [9.17, 15) is 9.59 Å². The van der Waals surface area contributed by atoms with Crippen LogP contribution in [0.5, 0.6) is 11.5 Å². The molecule has 154 valence electrons. The zero-order chi connectivity index (χ0) is 20.5. The van der Waals surface area contributed by atoms with Crippen LogP contribution in [0.1, 0.15) is 33.0 Å². The minimum absolute atomic E-state index is 0.119. The van der Waals surface area contributed by atoms with Crippen molar-refractivity contribution in [2.24, 2.45) is 0 Å². The molecule has 1 unspecified atom stereocenters. The lowest BCUT2D eigenvalue weighted by Gasteiger charge is -2.25. The number of furan rings is 1. The van der Waals surface area contributed by atoms with Gasteiger partial charge in [-0.3, -0.25) is 9.59 Å². The molecule has 2 aromatic heterocycles. The number of hydrogen-bond acceptors (Lipinski definition) is 6.